The summed E-state index contributed by atoms with van der Waals surface area (Å²) >= 11 is 0. The predicted octanol–water partition coefficient (Wildman–Crippen LogP) is 3.24. The Balaban J connectivity index is 3.02. The van der Waals surface area contributed by atoms with Gasteiger partial charge in [0.1, 0.15) is 11.6 Å². The lowest BCUT2D eigenvalue weighted by atomic mass is 9.63. The van der Waals surface area contributed by atoms with Gasteiger partial charge >= 0.3 is 0 Å². The fourth-order valence-electron chi connectivity index (χ4n) is 3.29. The topological polar surface area (TPSA) is 34.1 Å². The van der Waals surface area contributed by atoms with Crippen molar-refractivity contribution in [3.8, 4) is 0 Å². The zero-order valence-corrected chi connectivity index (χ0v) is 11.0. The summed E-state index contributed by atoms with van der Waals surface area (Å²) < 4.78 is 0. The second-order valence-electron chi connectivity index (χ2n) is 4.86. The fraction of sp³-hybridized carbons (Fsp3) is 0.857. The van der Waals surface area contributed by atoms with E-state index in [1.807, 2.05) is 27.7 Å². The summed E-state index contributed by atoms with van der Waals surface area (Å²) in [7, 11) is 0. The second-order valence-corrected chi connectivity index (χ2v) is 4.86. The number of Topliss-reactive ketones (excluding diaryl/α,β-unsaturated/α-hetero) is 2. The predicted molar refractivity (Wildman–Crippen MR) is 65.1 cm³/mol. The lowest BCUT2D eigenvalue weighted by Crippen LogP contribution is -2.46. The van der Waals surface area contributed by atoms with Gasteiger partial charge in [-0.2, -0.15) is 0 Å². The molecule has 1 aliphatic rings. The third kappa shape index (κ3) is 2.07. The minimum atomic E-state index is -0.00903. The number of carbonyl (C=O) groups is 2. The Bertz CT molecular complexity index is 218. The van der Waals surface area contributed by atoms with Crippen molar-refractivity contribution in [2.24, 2.45) is 23.7 Å². The van der Waals surface area contributed by atoms with Crippen LogP contribution in [0.4, 0.5) is 0 Å². The lowest BCUT2D eigenvalue weighted by molar-refractivity contribution is -0.147. The number of rotatable bonds is 4. The zero-order chi connectivity index (χ0) is 12.3. The lowest BCUT2D eigenvalue weighted by Gasteiger charge is -2.38. The Morgan fingerprint density at radius 2 is 0.812 bits per heavy atom. The molecule has 0 bridgehead atoms. The van der Waals surface area contributed by atoms with Crippen LogP contribution in [-0.4, -0.2) is 11.6 Å². The Labute approximate surface area is 98.8 Å². The van der Waals surface area contributed by atoms with E-state index in [1.165, 1.54) is 0 Å². The van der Waals surface area contributed by atoms with E-state index in [0.29, 0.717) is 11.6 Å². The highest BCUT2D eigenvalue weighted by Crippen LogP contribution is 2.38. The van der Waals surface area contributed by atoms with Gasteiger partial charge in [0.05, 0.1) is 0 Å². The smallest absolute Gasteiger partial charge is 0.140 e. The first-order valence-corrected chi connectivity index (χ1v) is 6.69. The van der Waals surface area contributed by atoms with E-state index in [9.17, 15) is 9.59 Å². The van der Waals surface area contributed by atoms with Crippen molar-refractivity contribution in [3.05, 3.63) is 0 Å². The maximum absolute atomic E-state index is 12.3. The van der Waals surface area contributed by atoms with Gasteiger partial charge in [-0.15, -0.1) is 0 Å². The third-order valence-corrected chi connectivity index (χ3v) is 4.19. The van der Waals surface area contributed by atoms with E-state index in [0.717, 1.165) is 25.7 Å². The Morgan fingerprint density at radius 3 is 0.938 bits per heavy atom. The Morgan fingerprint density at radius 1 is 0.625 bits per heavy atom. The first-order valence-electron chi connectivity index (χ1n) is 6.69. The van der Waals surface area contributed by atoms with Crippen LogP contribution in [0.2, 0.25) is 0 Å². The molecule has 0 amide bonds. The molecule has 92 valence electrons. The molecule has 0 aromatic rings. The Kier molecular flexibility index (Phi) is 4.69. The minimum Gasteiger partial charge on any atom is -0.299 e. The van der Waals surface area contributed by atoms with E-state index in [2.05, 4.69) is 0 Å². The highest BCUT2D eigenvalue weighted by Gasteiger charge is 2.45. The number of hydrogen-bond acceptors (Lipinski definition) is 2. The molecule has 0 aliphatic heterocycles. The molecule has 2 nitrogen and oxygen atoms in total. The van der Waals surface area contributed by atoms with E-state index >= 15 is 0 Å². The SMILES string of the molecule is CCC1C(=O)C(CC)C(CC)C(=O)C1CC. The summed E-state index contributed by atoms with van der Waals surface area (Å²) in [6.45, 7) is 8.10. The van der Waals surface area contributed by atoms with Gasteiger partial charge in [-0.05, 0) is 25.7 Å². The van der Waals surface area contributed by atoms with Crippen molar-refractivity contribution in [1.29, 1.82) is 0 Å². The highest BCUT2D eigenvalue weighted by atomic mass is 16.1. The van der Waals surface area contributed by atoms with Crippen LogP contribution in [0.25, 0.3) is 0 Å². The van der Waals surface area contributed by atoms with Crippen LogP contribution in [0.5, 0.6) is 0 Å². The summed E-state index contributed by atoms with van der Waals surface area (Å²) in [5.74, 6) is 0.664. The molecule has 0 aromatic carbocycles. The molecule has 4 unspecified atom stereocenters. The standard InChI is InChI=1S/C14H24O2/c1-5-9-10(6-2)14(16)12(8-4)11(7-3)13(9)15/h9-12H,5-8H2,1-4H3. The van der Waals surface area contributed by atoms with Crippen molar-refractivity contribution < 1.29 is 9.59 Å². The highest BCUT2D eigenvalue weighted by molar-refractivity contribution is 5.99. The summed E-state index contributed by atoms with van der Waals surface area (Å²) in [5, 5.41) is 0. The summed E-state index contributed by atoms with van der Waals surface area (Å²) in [4.78, 5) is 24.6. The molecule has 0 spiro atoms. The van der Waals surface area contributed by atoms with Crippen LogP contribution < -0.4 is 0 Å². The maximum atomic E-state index is 12.3. The number of hydrogen-bond donors (Lipinski definition) is 0. The van der Waals surface area contributed by atoms with Crippen LogP contribution in [0, 0.1) is 23.7 Å². The molecule has 2 heteroatoms. The molecular weight excluding hydrogens is 200 g/mol. The molecule has 1 rings (SSSR count). The minimum absolute atomic E-state index is 0.00903. The number of ketones is 2. The maximum Gasteiger partial charge on any atom is 0.140 e. The van der Waals surface area contributed by atoms with Crippen LogP contribution >= 0.6 is 0 Å². The number of carbonyl (C=O) groups excluding carboxylic acids is 2. The van der Waals surface area contributed by atoms with Crippen molar-refractivity contribution in [1.82, 2.24) is 0 Å². The van der Waals surface area contributed by atoms with Crippen molar-refractivity contribution in [2.45, 2.75) is 53.4 Å². The molecule has 1 saturated carbocycles. The van der Waals surface area contributed by atoms with Gasteiger partial charge in [0.15, 0.2) is 0 Å². The van der Waals surface area contributed by atoms with Gasteiger partial charge in [-0.25, -0.2) is 0 Å². The summed E-state index contributed by atoms with van der Waals surface area (Å²) in [5.41, 5.74) is 0. The van der Waals surface area contributed by atoms with Gasteiger partial charge in [-0.3, -0.25) is 9.59 Å². The molecule has 0 heterocycles. The monoisotopic (exact) mass is 224 g/mol. The molecule has 0 saturated heterocycles. The molecule has 1 fully saturated rings. The fourth-order valence-corrected chi connectivity index (χ4v) is 3.29. The van der Waals surface area contributed by atoms with Gasteiger partial charge in [0.25, 0.3) is 0 Å². The van der Waals surface area contributed by atoms with Gasteiger partial charge in [0.2, 0.25) is 0 Å². The molecule has 4 atom stereocenters. The van der Waals surface area contributed by atoms with Crippen LogP contribution in [0.1, 0.15) is 53.4 Å². The van der Waals surface area contributed by atoms with E-state index in [-0.39, 0.29) is 23.7 Å². The second kappa shape index (κ2) is 5.60. The van der Waals surface area contributed by atoms with Crippen molar-refractivity contribution in [2.75, 3.05) is 0 Å². The van der Waals surface area contributed by atoms with Crippen LogP contribution in [0.3, 0.4) is 0 Å². The van der Waals surface area contributed by atoms with Crippen molar-refractivity contribution >= 4 is 11.6 Å². The third-order valence-electron chi connectivity index (χ3n) is 4.19. The summed E-state index contributed by atoms with van der Waals surface area (Å²) in [6, 6.07) is 0. The van der Waals surface area contributed by atoms with E-state index < -0.39 is 0 Å². The molecule has 0 N–H and O–H groups in total. The first-order chi connectivity index (χ1) is 7.62. The average molecular weight is 224 g/mol. The van der Waals surface area contributed by atoms with Gasteiger partial charge in [0, 0.05) is 23.7 Å². The average Bonchev–Trinajstić information content (AvgIpc) is 2.30. The molecule has 0 radical (unpaired) electrons. The normalized spacial score (nSPS) is 35.5. The van der Waals surface area contributed by atoms with Crippen LogP contribution in [-0.2, 0) is 9.59 Å². The van der Waals surface area contributed by atoms with Crippen molar-refractivity contribution in [3.63, 3.8) is 0 Å². The van der Waals surface area contributed by atoms with E-state index in [1.54, 1.807) is 0 Å². The largest absolute Gasteiger partial charge is 0.299 e. The Hall–Kier alpha value is -0.660. The molecule has 1 aliphatic carbocycles. The van der Waals surface area contributed by atoms with Crippen LogP contribution in [0.15, 0.2) is 0 Å². The first kappa shape index (κ1) is 13.4. The zero-order valence-electron chi connectivity index (χ0n) is 11.0. The van der Waals surface area contributed by atoms with Gasteiger partial charge in [-0.1, -0.05) is 27.7 Å². The summed E-state index contributed by atoms with van der Waals surface area (Å²) in [6.07, 6.45) is 3.26. The molecule has 0 aromatic heterocycles. The van der Waals surface area contributed by atoms with Gasteiger partial charge < -0.3 is 0 Å². The van der Waals surface area contributed by atoms with E-state index in [4.69, 9.17) is 0 Å². The molecular formula is C14H24O2. The molecule has 16 heavy (non-hydrogen) atoms. The quantitative estimate of drug-likeness (QED) is 0.734.